The number of thiophene rings is 1. The normalized spacial score (nSPS) is 11.5. The van der Waals surface area contributed by atoms with Gasteiger partial charge in [-0.1, -0.05) is 17.4 Å². The van der Waals surface area contributed by atoms with Gasteiger partial charge in [0, 0.05) is 33.3 Å². The quantitative estimate of drug-likeness (QED) is 0.487. The molecule has 3 aromatic heterocycles. The van der Waals surface area contributed by atoms with E-state index in [9.17, 15) is 9.18 Å². The van der Waals surface area contributed by atoms with Crippen LogP contribution in [0.15, 0.2) is 54.1 Å². The molecule has 27 heavy (non-hydrogen) atoms. The monoisotopic (exact) mass is 397 g/mol. The van der Waals surface area contributed by atoms with Gasteiger partial charge < -0.3 is 5.32 Å². The number of benzene rings is 1. The van der Waals surface area contributed by atoms with Crippen molar-refractivity contribution in [3.05, 3.63) is 75.3 Å². The Hall–Kier alpha value is -2.77. The SMILES string of the molecule is Cc1c(CNC(=O)C=Cc2cccs2)sc2nc(-c3ccc(F)cc3)cn12. The molecule has 0 fully saturated rings. The molecule has 0 bridgehead atoms. The molecule has 1 amide bonds. The van der Waals surface area contributed by atoms with Crippen molar-refractivity contribution in [3.8, 4) is 11.3 Å². The number of imidazole rings is 1. The van der Waals surface area contributed by atoms with E-state index < -0.39 is 0 Å². The average molecular weight is 398 g/mol. The topological polar surface area (TPSA) is 46.4 Å². The van der Waals surface area contributed by atoms with E-state index in [4.69, 9.17) is 0 Å². The first kappa shape index (κ1) is 17.6. The van der Waals surface area contributed by atoms with E-state index in [2.05, 4.69) is 10.3 Å². The van der Waals surface area contributed by atoms with Crippen LogP contribution in [-0.4, -0.2) is 15.3 Å². The van der Waals surface area contributed by atoms with Crippen molar-refractivity contribution in [2.75, 3.05) is 0 Å². The lowest BCUT2D eigenvalue weighted by Gasteiger charge is -2.01. The Kier molecular flexibility index (Phi) is 4.87. The van der Waals surface area contributed by atoms with Gasteiger partial charge in [0.25, 0.3) is 0 Å². The van der Waals surface area contributed by atoms with E-state index in [-0.39, 0.29) is 11.7 Å². The van der Waals surface area contributed by atoms with Crippen molar-refractivity contribution in [1.82, 2.24) is 14.7 Å². The second kappa shape index (κ2) is 7.46. The van der Waals surface area contributed by atoms with Crippen molar-refractivity contribution in [2.24, 2.45) is 0 Å². The van der Waals surface area contributed by atoms with Crippen LogP contribution < -0.4 is 5.32 Å². The van der Waals surface area contributed by atoms with Gasteiger partial charge in [-0.05, 0) is 48.7 Å². The minimum Gasteiger partial charge on any atom is -0.348 e. The standard InChI is InChI=1S/C20H16FN3OS2/c1-13-18(11-22-19(25)9-8-16-3-2-10-26-16)27-20-23-17(12-24(13)20)14-4-6-15(21)7-5-14/h2-10,12H,11H2,1H3,(H,22,25). The summed E-state index contributed by atoms with van der Waals surface area (Å²) in [5, 5.41) is 4.89. The maximum atomic E-state index is 13.1. The van der Waals surface area contributed by atoms with E-state index in [1.54, 1.807) is 40.9 Å². The molecular formula is C20H16FN3OS2. The number of amides is 1. The van der Waals surface area contributed by atoms with Crippen LogP contribution in [-0.2, 0) is 11.3 Å². The van der Waals surface area contributed by atoms with E-state index in [0.717, 1.165) is 31.7 Å². The van der Waals surface area contributed by atoms with Crippen molar-refractivity contribution in [2.45, 2.75) is 13.5 Å². The molecule has 0 aliphatic carbocycles. The number of hydrogen-bond acceptors (Lipinski definition) is 4. The molecule has 0 aliphatic rings. The zero-order valence-electron chi connectivity index (χ0n) is 14.5. The van der Waals surface area contributed by atoms with Crippen LogP contribution in [0, 0.1) is 12.7 Å². The molecule has 0 aliphatic heterocycles. The Bertz CT molecular complexity index is 1110. The highest BCUT2D eigenvalue weighted by molar-refractivity contribution is 7.17. The molecule has 0 saturated carbocycles. The van der Waals surface area contributed by atoms with Crippen LogP contribution in [0.1, 0.15) is 15.4 Å². The van der Waals surface area contributed by atoms with E-state index in [0.29, 0.717) is 6.54 Å². The molecular weight excluding hydrogens is 381 g/mol. The lowest BCUT2D eigenvalue weighted by Crippen LogP contribution is -2.20. The van der Waals surface area contributed by atoms with Crippen molar-refractivity contribution < 1.29 is 9.18 Å². The van der Waals surface area contributed by atoms with Crippen LogP contribution in [0.25, 0.3) is 22.3 Å². The van der Waals surface area contributed by atoms with Gasteiger partial charge in [0.2, 0.25) is 5.91 Å². The summed E-state index contributed by atoms with van der Waals surface area (Å²) >= 11 is 3.13. The van der Waals surface area contributed by atoms with Gasteiger partial charge in [-0.3, -0.25) is 9.20 Å². The van der Waals surface area contributed by atoms with Gasteiger partial charge in [-0.25, -0.2) is 9.37 Å². The fourth-order valence-electron chi connectivity index (χ4n) is 2.69. The molecule has 4 nitrogen and oxygen atoms in total. The molecule has 7 heteroatoms. The molecule has 3 heterocycles. The largest absolute Gasteiger partial charge is 0.348 e. The second-order valence-electron chi connectivity index (χ2n) is 5.96. The Labute approximate surface area is 163 Å². The Morgan fingerprint density at radius 3 is 2.81 bits per heavy atom. The number of fused-ring (bicyclic) bond motifs is 1. The van der Waals surface area contributed by atoms with Crippen molar-refractivity contribution >= 4 is 39.6 Å². The first-order valence-electron chi connectivity index (χ1n) is 8.33. The number of hydrogen-bond donors (Lipinski definition) is 1. The van der Waals surface area contributed by atoms with Gasteiger partial charge in [0.1, 0.15) is 5.82 Å². The molecule has 0 unspecified atom stereocenters. The van der Waals surface area contributed by atoms with Crippen molar-refractivity contribution in [1.29, 1.82) is 0 Å². The molecule has 0 atom stereocenters. The number of thiazole rings is 1. The maximum Gasteiger partial charge on any atom is 0.244 e. The van der Waals surface area contributed by atoms with Gasteiger partial charge in [0.05, 0.1) is 12.2 Å². The van der Waals surface area contributed by atoms with Crippen LogP contribution in [0.2, 0.25) is 0 Å². The molecule has 0 spiro atoms. The van der Waals surface area contributed by atoms with Gasteiger partial charge in [-0.15, -0.1) is 11.3 Å². The van der Waals surface area contributed by atoms with Gasteiger partial charge >= 0.3 is 0 Å². The molecule has 0 saturated heterocycles. The summed E-state index contributed by atoms with van der Waals surface area (Å²) in [6.45, 7) is 2.46. The third-order valence-corrected chi connectivity index (χ3v) is 6.15. The summed E-state index contributed by atoms with van der Waals surface area (Å²) in [5.41, 5.74) is 2.72. The summed E-state index contributed by atoms with van der Waals surface area (Å²) < 4.78 is 15.1. The van der Waals surface area contributed by atoms with Crippen LogP contribution in [0.4, 0.5) is 4.39 Å². The van der Waals surface area contributed by atoms with Crippen LogP contribution >= 0.6 is 22.7 Å². The molecule has 136 valence electrons. The van der Waals surface area contributed by atoms with E-state index >= 15 is 0 Å². The minimum absolute atomic E-state index is 0.124. The highest BCUT2D eigenvalue weighted by Crippen LogP contribution is 2.27. The zero-order chi connectivity index (χ0) is 18.8. The van der Waals surface area contributed by atoms with E-state index in [1.165, 1.54) is 12.1 Å². The number of aromatic nitrogens is 2. The molecule has 0 radical (unpaired) electrons. The summed E-state index contributed by atoms with van der Waals surface area (Å²) in [6, 6.07) is 10.2. The van der Waals surface area contributed by atoms with E-state index in [1.807, 2.05) is 41.1 Å². The average Bonchev–Trinajstić information content (AvgIpc) is 3.38. The third-order valence-electron chi connectivity index (χ3n) is 4.16. The molecule has 1 aromatic carbocycles. The van der Waals surface area contributed by atoms with Gasteiger partial charge in [0.15, 0.2) is 4.96 Å². The Balaban J connectivity index is 1.47. The Morgan fingerprint density at radius 2 is 2.11 bits per heavy atom. The summed E-state index contributed by atoms with van der Waals surface area (Å²) in [5.74, 6) is -0.386. The number of nitrogens with one attached hydrogen (secondary N) is 1. The number of nitrogens with zero attached hydrogens (tertiary/aromatic N) is 2. The summed E-state index contributed by atoms with van der Waals surface area (Å²) in [4.78, 5) is 19.6. The van der Waals surface area contributed by atoms with Crippen LogP contribution in [0.5, 0.6) is 0 Å². The van der Waals surface area contributed by atoms with Crippen molar-refractivity contribution in [3.63, 3.8) is 0 Å². The number of halogens is 1. The predicted molar refractivity (Wildman–Crippen MR) is 108 cm³/mol. The number of rotatable bonds is 5. The third kappa shape index (κ3) is 3.84. The fourth-order valence-corrected chi connectivity index (χ4v) is 4.35. The van der Waals surface area contributed by atoms with Gasteiger partial charge in [-0.2, -0.15) is 0 Å². The maximum absolute atomic E-state index is 13.1. The summed E-state index contributed by atoms with van der Waals surface area (Å²) in [6.07, 6.45) is 5.30. The number of aryl methyl sites for hydroxylation is 1. The summed E-state index contributed by atoms with van der Waals surface area (Å²) in [7, 11) is 0. The first-order chi connectivity index (χ1) is 13.1. The Morgan fingerprint density at radius 1 is 1.30 bits per heavy atom. The number of carbonyl (C=O) groups excluding carboxylic acids is 1. The highest BCUT2D eigenvalue weighted by atomic mass is 32.1. The predicted octanol–water partition coefficient (Wildman–Crippen LogP) is 4.90. The number of carbonyl (C=O) groups is 1. The smallest absolute Gasteiger partial charge is 0.244 e. The lowest BCUT2D eigenvalue weighted by molar-refractivity contribution is -0.116. The molecule has 4 aromatic rings. The molecule has 4 rings (SSSR count). The minimum atomic E-state index is -0.262. The lowest BCUT2D eigenvalue weighted by atomic mass is 10.2. The molecule has 1 N–H and O–H groups in total. The first-order valence-corrected chi connectivity index (χ1v) is 10.0. The second-order valence-corrected chi connectivity index (χ2v) is 8.00. The fraction of sp³-hybridized carbons (Fsp3) is 0.100. The zero-order valence-corrected chi connectivity index (χ0v) is 16.1. The van der Waals surface area contributed by atoms with Crippen LogP contribution in [0.3, 0.4) is 0 Å². The highest BCUT2D eigenvalue weighted by Gasteiger charge is 2.13.